The lowest BCUT2D eigenvalue weighted by atomic mass is 10.1. The van der Waals surface area contributed by atoms with Gasteiger partial charge in [-0.2, -0.15) is 0 Å². The van der Waals surface area contributed by atoms with Crippen LogP contribution in [0.25, 0.3) is 33.1 Å². The number of rotatable bonds is 5. The van der Waals surface area contributed by atoms with Gasteiger partial charge >= 0.3 is 6.09 Å². The Balaban J connectivity index is 2.01. The van der Waals surface area contributed by atoms with Crippen molar-refractivity contribution in [1.29, 1.82) is 0 Å². The van der Waals surface area contributed by atoms with E-state index in [1.165, 1.54) is 10.0 Å². The van der Waals surface area contributed by atoms with Gasteiger partial charge in [0.1, 0.15) is 17.0 Å². The lowest BCUT2D eigenvalue weighted by molar-refractivity contribution is -0.128. The Morgan fingerprint density at radius 3 is 2.36 bits per heavy atom. The largest absolute Gasteiger partial charge is 0.497 e. The molecule has 0 atom stereocenters. The predicted octanol–water partition coefficient (Wildman–Crippen LogP) is 3.88. The maximum absolute atomic E-state index is 13.4. The minimum atomic E-state index is -0.777. The normalized spacial score (nSPS) is 11.4. The number of aromatic nitrogens is 2. The molecule has 0 bridgehead atoms. The number of fused-ring (bicyclic) bond motifs is 3. The number of nitrogens with zero attached hydrogens (tertiary/aromatic N) is 2. The van der Waals surface area contributed by atoms with Crippen molar-refractivity contribution in [2.75, 3.05) is 13.7 Å². The molecule has 0 radical (unpaired) electrons. The van der Waals surface area contributed by atoms with Crippen LogP contribution in [0, 0.1) is 0 Å². The van der Waals surface area contributed by atoms with Gasteiger partial charge in [-0.25, -0.2) is 19.8 Å². The number of carbonyl (C=O) groups is 3. The average molecular weight is 491 g/mol. The summed E-state index contributed by atoms with van der Waals surface area (Å²) in [6.45, 7) is 4.91. The third kappa shape index (κ3) is 4.84. The van der Waals surface area contributed by atoms with Crippen LogP contribution in [0.1, 0.15) is 31.3 Å². The van der Waals surface area contributed by atoms with Gasteiger partial charge in [-0.05, 0) is 57.2 Å². The number of para-hydroxylation sites is 1. The van der Waals surface area contributed by atoms with Crippen molar-refractivity contribution in [3.05, 3.63) is 60.3 Å². The molecule has 2 heterocycles. The molecule has 0 fully saturated rings. The Morgan fingerprint density at radius 1 is 1.03 bits per heavy atom. The molecule has 4 aromatic rings. The summed E-state index contributed by atoms with van der Waals surface area (Å²) in [5, 5.41) is 12.5. The smallest absolute Gasteiger partial charge is 0.419 e. The van der Waals surface area contributed by atoms with E-state index < -0.39 is 30.1 Å². The first-order chi connectivity index (χ1) is 17.1. The molecule has 0 aliphatic carbocycles. The van der Waals surface area contributed by atoms with E-state index in [1.807, 2.05) is 18.2 Å². The van der Waals surface area contributed by atoms with Crippen molar-refractivity contribution in [3.63, 3.8) is 0 Å². The van der Waals surface area contributed by atoms with Gasteiger partial charge in [0.25, 0.3) is 11.8 Å². The number of ether oxygens (including phenoxy) is 2. The summed E-state index contributed by atoms with van der Waals surface area (Å²) < 4.78 is 12.4. The highest BCUT2D eigenvalue weighted by molar-refractivity contribution is 6.17. The van der Waals surface area contributed by atoms with Crippen LogP contribution in [-0.4, -0.2) is 51.9 Å². The summed E-state index contributed by atoms with van der Waals surface area (Å²) in [5.41, 5.74) is 2.83. The number of amides is 2. The summed E-state index contributed by atoms with van der Waals surface area (Å²) in [7, 11) is 1.55. The van der Waals surface area contributed by atoms with Crippen LogP contribution in [0.4, 0.5) is 4.79 Å². The second-order valence-electron chi connectivity index (χ2n) is 9.03. The second-order valence-corrected chi connectivity index (χ2v) is 9.03. The van der Waals surface area contributed by atoms with Crippen molar-refractivity contribution in [2.24, 2.45) is 0 Å². The average Bonchev–Trinajstić information content (AvgIpc) is 3.20. The molecule has 0 aliphatic heterocycles. The topological polar surface area (TPSA) is 132 Å². The Bertz CT molecular complexity index is 1470. The maximum atomic E-state index is 13.4. The van der Waals surface area contributed by atoms with Crippen molar-refractivity contribution in [2.45, 2.75) is 26.4 Å². The number of hydrogen-bond acceptors (Lipinski definition) is 7. The van der Waals surface area contributed by atoms with Gasteiger partial charge in [-0.1, -0.05) is 18.2 Å². The number of pyridine rings is 1. The fourth-order valence-corrected chi connectivity index (χ4v) is 3.84. The third-order valence-electron chi connectivity index (χ3n) is 5.36. The first-order valence-electron chi connectivity index (χ1n) is 11.2. The van der Waals surface area contributed by atoms with Crippen molar-refractivity contribution in [3.8, 4) is 17.0 Å². The van der Waals surface area contributed by atoms with Gasteiger partial charge in [-0.3, -0.25) is 14.8 Å². The summed E-state index contributed by atoms with van der Waals surface area (Å²) >= 11 is 0. The minimum absolute atomic E-state index is 0.0335. The van der Waals surface area contributed by atoms with E-state index >= 15 is 0 Å². The molecule has 0 aliphatic rings. The van der Waals surface area contributed by atoms with E-state index in [0.29, 0.717) is 33.4 Å². The SMILES string of the molecule is COc1ccc(-c2nc(C(=O)NCC(=O)NO)cc3c4ccccc4n(C(=O)OC(C)(C)C)c23)cc1. The summed E-state index contributed by atoms with van der Waals surface area (Å²) in [6.07, 6.45) is -0.581. The first kappa shape index (κ1) is 24.7. The fourth-order valence-electron chi connectivity index (χ4n) is 3.84. The lowest BCUT2D eigenvalue weighted by Gasteiger charge is -2.20. The van der Waals surface area contributed by atoms with Gasteiger partial charge in [-0.15, -0.1) is 0 Å². The fraction of sp³-hybridized carbons (Fsp3) is 0.231. The molecule has 10 heteroatoms. The molecule has 186 valence electrons. The molecule has 2 aromatic heterocycles. The number of benzene rings is 2. The molecule has 0 unspecified atom stereocenters. The van der Waals surface area contributed by atoms with Gasteiger partial charge in [0.2, 0.25) is 0 Å². The number of methoxy groups -OCH3 is 1. The molecule has 2 aromatic carbocycles. The highest BCUT2D eigenvalue weighted by Gasteiger charge is 2.26. The van der Waals surface area contributed by atoms with E-state index in [2.05, 4.69) is 10.3 Å². The quantitative estimate of drug-likeness (QED) is 0.286. The van der Waals surface area contributed by atoms with Gasteiger partial charge in [0.15, 0.2) is 0 Å². The van der Waals surface area contributed by atoms with Crippen LogP contribution in [0.5, 0.6) is 5.75 Å². The first-order valence-corrected chi connectivity index (χ1v) is 11.2. The van der Waals surface area contributed by atoms with Crippen molar-refractivity contribution < 1.29 is 29.1 Å². The van der Waals surface area contributed by atoms with Gasteiger partial charge in [0.05, 0.1) is 30.4 Å². The van der Waals surface area contributed by atoms with Crippen LogP contribution in [0.3, 0.4) is 0 Å². The standard InChI is InChI=1S/C26H26N4O6/c1-26(2,3)36-25(33)30-20-8-6-5-7-17(20)18-13-19(24(32)27-14-21(31)29-34)28-22(23(18)30)15-9-11-16(35-4)12-10-15/h5-13,34H,14H2,1-4H3,(H,27,32)(H,29,31). The van der Waals surface area contributed by atoms with Crippen LogP contribution >= 0.6 is 0 Å². The third-order valence-corrected chi connectivity index (χ3v) is 5.36. The zero-order valence-electron chi connectivity index (χ0n) is 20.3. The van der Waals surface area contributed by atoms with Gasteiger partial charge < -0.3 is 14.8 Å². The molecule has 36 heavy (non-hydrogen) atoms. The molecule has 4 rings (SSSR count). The van der Waals surface area contributed by atoms with Crippen LogP contribution < -0.4 is 15.5 Å². The number of hydrogen-bond donors (Lipinski definition) is 3. The van der Waals surface area contributed by atoms with E-state index in [4.69, 9.17) is 14.7 Å². The molecular formula is C26H26N4O6. The molecule has 0 saturated carbocycles. The van der Waals surface area contributed by atoms with E-state index in [-0.39, 0.29) is 5.69 Å². The van der Waals surface area contributed by atoms with Crippen LogP contribution in [0.2, 0.25) is 0 Å². The van der Waals surface area contributed by atoms with E-state index in [0.717, 1.165) is 5.39 Å². The molecule has 2 amide bonds. The van der Waals surface area contributed by atoms with Crippen molar-refractivity contribution >= 4 is 39.7 Å². The molecule has 0 saturated heterocycles. The Hall–Kier alpha value is -4.44. The number of nitrogens with one attached hydrogen (secondary N) is 2. The zero-order valence-corrected chi connectivity index (χ0v) is 20.3. The van der Waals surface area contributed by atoms with E-state index in [9.17, 15) is 14.4 Å². The minimum Gasteiger partial charge on any atom is -0.497 e. The Kier molecular flexibility index (Phi) is 6.63. The molecular weight excluding hydrogens is 464 g/mol. The van der Waals surface area contributed by atoms with Crippen LogP contribution in [0.15, 0.2) is 54.6 Å². The molecule has 10 nitrogen and oxygen atoms in total. The molecule has 3 N–H and O–H groups in total. The summed E-state index contributed by atoms with van der Waals surface area (Å²) in [4.78, 5) is 42.3. The summed E-state index contributed by atoms with van der Waals surface area (Å²) in [5.74, 6) is -0.766. The highest BCUT2D eigenvalue weighted by Crippen LogP contribution is 2.36. The molecule has 0 spiro atoms. The summed E-state index contributed by atoms with van der Waals surface area (Å²) in [6, 6.07) is 15.9. The van der Waals surface area contributed by atoms with Crippen LogP contribution in [-0.2, 0) is 9.53 Å². The number of hydroxylamine groups is 1. The lowest BCUT2D eigenvalue weighted by Crippen LogP contribution is -2.35. The monoisotopic (exact) mass is 490 g/mol. The maximum Gasteiger partial charge on any atom is 0.419 e. The zero-order chi connectivity index (χ0) is 26.0. The second kappa shape index (κ2) is 9.67. The van der Waals surface area contributed by atoms with E-state index in [1.54, 1.807) is 64.3 Å². The number of carbonyl (C=O) groups excluding carboxylic acids is 3. The highest BCUT2D eigenvalue weighted by atomic mass is 16.6. The van der Waals surface area contributed by atoms with Gasteiger partial charge in [0, 0.05) is 16.3 Å². The Labute approximate surface area is 206 Å². The van der Waals surface area contributed by atoms with Crippen molar-refractivity contribution in [1.82, 2.24) is 20.3 Å². The Morgan fingerprint density at radius 2 is 1.72 bits per heavy atom. The predicted molar refractivity (Wildman–Crippen MR) is 133 cm³/mol.